The van der Waals surface area contributed by atoms with Crippen molar-refractivity contribution in [3.63, 3.8) is 0 Å². The third-order valence-electron chi connectivity index (χ3n) is 5.85. The number of carbonyl (C=O) groups excluding carboxylic acids is 3. The van der Waals surface area contributed by atoms with Crippen LogP contribution in [0.1, 0.15) is 47.9 Å². The van der Waals surface area contributed by atoms with Gasteiger partial charge in [0.1, 0.15) is 11.4 Å². The Morgan fingerprint density at radius 3 is 2.26 bits per heavy atom. The maximum atomic E-state index is 15.1. The van der Waals surface area contributed by atoms with E-state index in [1.165, 1.54) is 15.9 Å². The van der Waals surface area contributed by atoms with Gasteiger partial charge in [0.25, 0.3) is 11.8 Å². The molecule has 186 valence electrons. The topological polar surface area (TPSA) is 79.4 Å². The molecule has 0 atom stereocenters. The number of benzene rings is 2. The van der Waals surface area contributed by atoms with Crippen molar-refractivity contribution in [3.05, 3.63) is 59.4 Å². The van der Waals surface area contributed by atoms with E-state index < -0.39 is 17.5 Å². The summed E-state index contributed by atoms with van der Waals surface area (Å²) < 4.78 is 25.9. The molecule has 2 aliphatic rings. The number of morpholine rings is 1. The summed E-state index contributed by atoms with van der Waals surface area (Å²) in [7, 11) is 0. The molecule has 4 rings (SSSR count). The second-order valence-electron chi connectivity index (χ2n) is 9.53. The highest BCUT2D eigenvalue weighted by molar-refractivity contribution is 6.21. The number of carbonyl (C=O) groups is 3. The molecule has 2 aromatic carbocycles. The van der Waals surface area contributed by atoms with Crippen molar-refractivity contribution in [1.29, 1.82) is 0 Å². The summed E-state index contributed by atoms with van der Waals surface area (Å²) in [6, 6.07) is 11.3. The maximum absolute atomic E-state index is 15.1. The number of fused-ring (bicyclic) bond motifs is 1. The second kappa shape index (κ2) is 10.0. The Morgan fingerprint density at radius 1 is 1.06 bits per heavy atom. The molecule has 1 saturated heterocycles. The molecule has 1 fully saturated rings. The minimum absolute atomic E-state index is 0.125. The summed E-state index contributed by atoms with van der Waals surface area (Å²) in [4.78, 5) is 42.7. The van der Waals surface area contributed by atoms with E-state index in [-0.39, 0.29) is 24.9 Å². The Morgan fingerprint density at radius 2 is 1.69 bits per heavy atom. The van der Waals surface area contributed by atoms with Crippen LogP contribution in [0.4, 0.5) is 20.6 Å². The van der Waals surface area contributed by atoms with Crippen molar-refractivity contribution < 1.29 is 28.2 Å². The fraction of sp³-hybridized carbons (Fsp3) is 0.423. The van der Waals surface area contributed by atoms with Gasteiger partial charge < -0.3 is 14.4 Å². The van der Waals surface area contributed by atoms with Gasteiger partial charge in [0.15, 0.2) is 0 Å². The molecule has 0 radical (unpaired) electrons. The van der Waals surface area contributed by atoms with E-state index in [0.29, 0.717) is 55.2 Å². The number of imide groups is 1. The first-order valence-electron chi connectivity index (χ1n) is 11.7. The molecule has 0 aromatic heterocycles. The molecule has 8 nitrogen and oxygen atoms in total. The van der Waals surface area contributed by atoms with Crippen LogP contribution in [0.2, 0.25) is 0 Å². The first-order chi connectivity index (χ1) is 16.7. The van der Waals surface area contributed by atoms with E-state index in [2.05, 4.69) is 0 Å². The largest absolute Gasteiger partial charge is 0.443 e. The van der Waals surface area contributed by atoms with E-state index in [9.17, 15) is 14.4 Å². The molecular formula is C26H30FN3O5. The number of amides is 3. The molecule has 2 aliphatic heterocycles. The molecule has 2 aromatic rings. The zero-order valence-electron chi connectivity index (χ0n) is 20.3. The van der Waals surface area contributed by atoms with E-state index in [1.54, 1.807) is 57.2 Å². The Labute approximate surface area is 204 Å². The number of rotatable bonds is 6. The third kappa shape index (κ3) is 5.45. The van der Waals surface area contributed by atoms with Crippen molar-refractivity contribution in [1.82, 2.24) is 4.90 Å². The zero-order chi connectivity index (χ0) is 25.2. The average Bonchev–Trinajstić information content (AvgIpc) is 3.06. The van der Waals surface area contributed by atoms with Crippen molar-refractivity contribution >= 4 is 29.3 Å². The monoisotopic (exact) mass is 483 g/mol. The summed E-state index contributed by atoms with van der Waals surface area (Å²) >= 11 is 0. The first kappa shape index (κ1) is 24.7. The van der Waals surface area contributed by atoms with Gasteiger partial charge in [-0.15, -0.1) is 0 Å². The van der Waals surface area contributed by atoms with Gasteiger partial charge in [-0.05, 0) is 57.5 Å². The predicted molar refractivity (Wildman–Crippen MR) is 129 cm³/mol. The maximum Gasteiger partial charge on any atom is 0.414 e. The van der Waals surface area contributed by atoms with Crippen molar-refractivity contribution in [2.24, 2.45) is 0 Å². The van der Waals surface area contributed by atoms with Crippen LogP contribution in [0.3, 0.4) is 0 Å². The van der Waals surface area contributed by atoms with E-state index in [4.69, 9.17) is 9.47 Å². The summed E-state index contributed by atoms with van der Waals surface area (Å²) in [6.07, 6.45) is -0.323. The highest BCUT2D eigenvalue weighted by Gasteiger charge is 2.35. The molecule has 0 saturated carbocycles. The minimum Gasteiger partial charge on any atom is -0.443 e. The van der Waals surface area contributed by atoms with Crippen LogP contribution in [-0.2, 0) is 9.47 Å². The molecule has 0 aliphatic carbocycles. The summed E-state index contributed by atoms with van der Waals surface area (Å²) in [5.41, 5.74) is 0.803. The Bertz CT molecular complexity index is 1090. The number of anilines is 2. The average molecular weight is 484 g/mol. The molecule has 0 bridgehead atoms. The van der Waals surface area contributed by atoms with Crippen LogP contribution >= 0.6 is 0 Å². The molecular weight excluding hydrogens is 453 g/mol. The predicted octanol–water partition coefficient (Wildman–Crippen LogP) is 4.09. The molecule has 0 unspecified atom stereocenters. The Kier molecular flexibility index (Phi) is 7.07. The van der Waals surface area contributed by atoms with E-state index >= 15 is 4.39 Å². The van der Waals surface area contributed by atoms with Crippen LogP contribution < -0.4 is 9.80 Å². The van der Waals surface area contributed by atoms with Gasteiger partial charge in [-0.1, -0.05) is 12.1 Å². The lowest BCUT2D eigenvalue weighted by atomic mass is 10.1. The highest BCUT2D eigenvalue weighted by Crippen LogP contribution is 2.28. The standard InChI is InChI=1S/C26H30FN3O5/c1-26(2,3)35-25(33)29(18-9-10-22(21(27)17-18)28-13-15-34-16-14-28)11-6-12-30-23(31)19-7-4-5-8-20(19)24(30)32/h4-5,7-10,17H,6,11-16H2,1-3H3. The van der Waals surface area contributed by atoms with Crippen LogP contribution in [0.15, 0.2) is 42.5 Å². The molecule has 3 amide bonds. The van der Waals surface area contributed by atoms with E-state index in [1.807, 2.05) is 4.90 Å². The van der Waals surface area contributed by atoms with Gasteiger partial charge in [0.2, 0.25) is 0 Å². The molecule has 9 heteroatoms. The third-order valence-corrected chi connectivity index (χ3v) is 5.85. The zero-order valence-corrected chi connectivity index (χ0v) is 20.3. The van der Waals surface area contributed by atoms with Crippen LogP contribution in [0.5, 0.6) is 0 Å². The summed E-state index contributed by atoms with van der Waals surface area (Å²) in [5.74, 6) is -1.15. The summed E-state index contributed by atoms with van der Waals surface area (Å²) in [5, 5.41) is 0. The quantitative estimate of drug-likeness (QED) is 0.576. The van der Waals surface area contributed by atoms with Crippen LogP contribution in [0, 0.1) is 5.82 Å². The lowest BCUT2D eigenvalue weighted by Gasteiger charge is -2.31. The highest BCUT2D eigenvalue weighted by atomic mass is 19.1. The fourth-order valence-electron chi connectivity index (χ4n) is 4.20. The lowest BCUT2D eigenvalue weighted by Crippen LogP contribution is -2.39. The van der Waals surface area contributed by atoms with E-state index in [0.717, 1.165) is 0 Å². The smallest absolute Gasteiger partial charge is 0.414 e. The van der Waals surface area contributed by atoms with Gasteiger partial charge in [0.05, 0.1) is 35.7 Å². The Balaban J connectivity index is 1.49. The Hall–Kier alpha value is -3.46. The number of hydrogen-bond acceptors (Lipinski definition) is 6. The molecule has 2 heterocycles. The molecule has 35 heavy (non-hydrogen) atoms. The SMILES string of the molecule is CC(C)(C)OC(=O)N(CCCN1C(=O)c2ccccc2C1=O)c1ccc(N2CCOCC2)c(F)c1. The van der Waals surface area contributed by atoms with Gasteiger partial charge in [0, 0.05) is 26.2 Å². The van der Waals surface area contributed by atoms with Crippen molar-refractivity contribution in [2.75, 3.05) is 49.2 Å². The van der Waals surface area contributed by atoms with Gasteiger partial charge in [-0.3, -0.25) is 19.4 Å². The van der Waals surface area contributed by atoms with Gasteiger partial charge in [-0.2, -0.15) is 0 Å². The normalized spacial score (nSPS) is 15.9. The first-order valence-corrected chi connectivity index (χ1v) is 11.7. The second-order valence-corrected chi connectivity index (χ2v) is 9.53. The molecule has 0 spiro atoms. The number of hydrogen-bond donors (Lipinski definition) is 0. The number of halogens is 1. The summed E-state index contributed by atoms with van der Waals surface area (Å²) in [6.45, 7) is 7.77. The lowest BCUT2D eigenvalue weighted by molar-refractivity contribution is 0.0579. The fourth-order valence-corrected chi connectivity index (χ4v) is 4.20. The number of ether oxygens (including phenoxy) is 2. The van der Waals surface area contributed by atoms with Gasteiger partial charge >= 0.3 is 6.09 Å². The van der Waals surface area contributed by atoms with Crippen LogP contribution in [-0.4, -0.2) is 67.8 Å². The van der Waals surface area contributed by atoms with Crippen LogP contribution in [0.25, 0.3) is 0 Å². The minimum atomic E-state index is -0.746. The van der Waals surface area contributed by atoms with Crippen molar-refractivity contribution in [3.8, 4) is 0 Å². The van der Waals surface area contributed by atoms with Gasteiger partial charge in [-0.25, -0.2) is 9.18 Å². The number of nitrogens with zero attached hydrogens (tertiary/aromatic N) is 3. The molecule has 0 N–H and O–H groups in total. The van der Waals surface area contributed by atoms with Crippen molar-refractivity contribution in [2.45, 2.75) is 32.8 Å².